The van der Waals surface area contributed by atoms with Gasteiger partial charge >= 0.3 is 0 Å². The number of hydrogen-bond donors (Lipinski definition) is 6. The van der Waals surface area contributed by atoms with E-state index in [0.717, 1.165) is 0 Å². The molecule has 0 fully saturated rings. The zero-order valence-corrected chi connectivity index (χ0v) is 12.7. The lowest BCUT2D eigenvalue weighted by molar-refractivity contribution is -0.126. The molecule has 11 heteroatoms. The lowest BCUT2D eigenvalue weighted by atomic mass is 10.1. The highest BCUT2D eigenvalue weighted by Crippen LogP contribution is 2.18. The molecule has 0 aliphatic carbocycles. The average molecular weight is 330 g/mol. The number of aromatic nitrogens is 2. The van der Waals surface area contributed by atoms with Gasteiger partial charge < -0.3 is 37.3 Å². The number of hydrogen-bond acceptors (Lipinski definition) is 9. The van der Waals surface area contributed by atoms with Crippen LogP contribution in [0.25, 0.3) is 0 Å². The van der Waals surface area contributed by atoms with Crippen LogP contribution in [0, 0.1) is 0 Å². The van der Waals surface area contributed by atoms with E-state index in [0.29, 0.717) is 0 Å². The summed E-state index contributed by atoms with van der Waals surface area (Å²) in [5.74, 6) is -1.17. The minimum Gasteiger partial charge on any atom is -0.394 e. The first-order valence-corrected chi connectivity index (χ1v) is 6.98. The minimum atomic E-state index is -1.16. The molecule has 1 heterocycles. The van der Waals surface area contributed by atoms with E-state index in [2.05, 4.69) is 15.5 Å². The number of nitrogens with zero attached hydrogens (tertiary/aromatic N) is 2. The number of carbonyl (C=O) groups excluding carboxylic acids is 2. The van der Waals surface area contributed by atoms with Crippen LogP contribution in [0.4, 0.5) is 0 Å². The Kier molecular flexibility index (Phi) is 7.03. The molecular weight excluding hydrogens is 308 g/mol. The van der Waals surface area contributed by atoms with Gasteiger partial charge in [0.05, 0.1) is 18.8 Å². The van der Waals surface area contributed by atoms with Gasteiger partial charge in [0.15, 0.2) is 5.82 Å². The van der Waals surface area contributed by atoms with E-state index >= 15 is 0 Å². The van der Waals surface area contributed by atoms with Crippen LogP contribution in [0.15, 0.2) is 4.52 Å². The largest absolute Gasteiger partial charge is 0.394 e. The SMILES string of the molecule is C[C@@H](O)[C@H](N)C(=O)N[C@@H](CCC(N)=O)c1nc([C@@H](N)CO)no1. The van der Waals surface area contributed by atoms with Crippen LogP contribution in [0.1, 0.15) is 43.6 Å². The summed E-state index contributed by atoms with van der Waals surface area (Å²) in [7, 11) is 0. The van der Waals surface area contributed by atoms with Crippen LogP contribution in [0.5, 0.6) is 0 Å². The summed E-state index contributed by atoms with van der Waals surface area (Å²) in [5.41, 5.74) is 16.2. The van der Waals surface area contributed by atoms with Crippen molar-refractivity contribution in [3.63, 3.8) is 0 Å². The molecule has 0 aliphatic rings. The molecule has 0 aliphatic heterocycles. The molecular formula is C12H22N6O5. The molecule has 0 saturated heterocycles. The summed E-state index contributed by atoms with van der Waals surface area (Å²) < 4.78 is 5.00. The average Bonchev–Trinajstić information content (AvgIpc) is 2.98. The Morgan fingerprint density at radius 3 is 2.57 bits per heavy atom. The van der Waals surface area contributed by atoms with Crippen LogP contribution >= 0.6 is 0 Å². The fraction of sp³-hybridized carbons (Fsp3) is 0.667. The molecule has 0 spiro atoms. The number of aliphatic hydroxyl groups excluding tert-OH is 2. The van der Waals surface area contributed by atoms with Gasteiger partial charge in [-0.1, -0.05) is 5.16 Å². The third-order valence-electron chi connectivity index (χ3n) is 3.10. The standard InChI is InChI=1S/C12H22N6O5/c1-5(20)9(15)11(22)16-7(2-3-8(14)21)12-17-10(18-23-12)6(13)4-19/h5-7,9,19-20H,2-4,13,15H2,1H3,(H2,14,21)(H,16,22)/t5-,6+,7+,9+/m1/s1. The minimum absolute atomic E-state index is 0.00343. The number of nitrogens with one attached hydrogen (secondary N) is 1. The maximum absolute atomic E-state index is 11.9. The van der Waals surface area contributed by atoms with E-state index in [-0.39, 0.29) is 31.2 Å². The maximum atomic E-state index is 11.9. The molecule has 0 unspecified atom stereocenters. The predicted molar refractivity (Wildman–Crippen MR) is 77.3 cm³/mol. The Morgan fingerprint density at radius 1 is 1.39 bits per heavy atom. The van der Waals surface area contributed by atoms with Gasteiger partial charge in [0.1, 0.15) is 12.1 Å². The highest BCUT2D eigenvalue weighted by atomic mass is 16.5. The Labute approximate surface area is 132 Å². The van der Waals surface area contributed by atoms with Crippen molar-refractivity contribution in [3.05, 3.63) is 11.7 Å². The van der Waals surface area contributed by atoms with Gasteiger partial charge in [0, 0.05) is 6.42 Å². The van der Waals surface area contributed by atoms with Gasteiger partial charge in [-0.25, -0.2) is 0 Å². The van der Waals surface area contributed by atoms with Gasteiger partial charge in [-0.2, -0.15) is 4.98 Å². The van der Waals surface area contributed by atoms with Crippen LogP contribution in [-0.2, 0) is 9.59 Å². The molecule has 4 atom stereocenters. The Morgan fingerprint density at radius 2 is 2.04 bits per heavy atom. The normalized spacial score (nSPS) is 16.4. The summed E-state index contributed by atoms with van der Waals surface area (Å²) in [4.78, 5) is 26.9. The number of amides is 2. The van der Waals surface area contributed by atoms with Crippen molar-refractivity contribution in [2.75, 3.05) is 6.61 Å². The lowest BCUT2D eigenvalue weighted by Gasteiger charge is -2.19. The van der Waals surface area contributed by atoms with Crippen molar-refractivity contribution in [1.82, 2.24) is 15.5 Å². The quantitative estimate of drug-likeness (QED) is 0.276. The second-order valence-electron chi connectivity index (χ2n) is 5.11. The maximum Gasteiger partial charge on any atom is 0.249 e. The number of primary amides is 1. The third kappa shape index (κ3) is 5.56. The molecule has 0 bridgehead atoms. The van der Waals surface area contributed by atoms with Crippen molar-refractivity contribution >= 4 is 11.8 Å². The van der Waals surface area contributed by atoms with Crippen molar-refractivity contribution in [2.45, 2.75) is 44.0 Å². The van der Waals surface area contributed by atoms with Crippen LogP contribution in [0.3, 0.4) is 0 Å². The summed E-state index contributed by atoms with van der Waals surface area (Å²) in [5, 5.41) is 24.4. The van der Waals surface area contributed by atoms with Gasteiger partial charge in [0.25, 0.3) is 0 Å². The first-order valence-electron chi connectivity index (χ1n) is 6.98. The van der Waals surface area contributed by atoms with E-state index in [1.807, 2.05) is 0 Å². The molecule has 11 nitrogen and oxygen atoms in total. The molecule has 130 valence electrons. The van der Waals surface area contributed by atoms with Gasteiger partial charge in [-0.05, 0) is 13.3 Å². The highest BCUT2D eigenvalue weighted by molar-refractivity contribution is 5.82. The summed E-state index contributed by atoms with van der Waals surface area (Å²) in [6, 6.07) is -2.82. The highest BCUT2D eigenvalue weighted by Gasteiger charge is 2.27. The zero-order chi connectivity index (χ0) is 17.6. The van der Waals surface area contributed by atoms with E-state index in [4.69, 9.17) is 26.8 Å². The van der Waals surface area contributed by atoms with E-state index in [1.54, 1.807) is 0 Å². The molecule has 1 aromatic rings. The Bertz CT molecular complexity index is 534. The molecule has 9 N–H and O–H groups in total. The topological polar surface area (TPSA) is 204 Å². The number of carbonyl (C=O) groups is 2. The van der Waals surface area contributed by atoms with Crippen molar-refractivity contribution < 1.29 is 24.3 Å². The van der Waals surface area contributed by atoms with Crippen LogP contribution in [-0.4, -0.2) is 50.9 Å². The second kappa shape index (κ2) is 8.53. The molecule has 0 aromatic carbocycles. The van der Waals surface area contributed by atoms with Gasteiger partial charge in [-0.15, -0.1) is 0 Å². The summed E-state index contributed by atoms with van der Waals surface area (Å²) >= 11 is 0. The van der Waals surface area contributed by atoms with E-state index in [9.17, 15) is 14.7 Å². The monoisotopic (exact) mass is 330 g/mol. The van der Waals surface area contributed by atoms with Crippen molar-refractivity contribution in [1.29, 1.82) is 0 Å². The number of aliphatic hydroxyl groups is 2. The molecule has 1 aromatic heterocycles. The van der Waals surface area contributed by atoms with Crippen molar-refractivity contribution in [2.24, 2.45) is 17.2 Å². The van der Waals surface area contributed by atoms with Crippen molar-refractivity contribution in [3.8, 4) is 0 Å². The number of nitrogens with two attached hydrogens (primary N) is 3. The Hall–Kier alpha value is -2.08. The molecule has 2 amide bonds. The molecule has 23 heavy (non-hydrogen) atoms. The molecule has 0 radical (unpaired) electrons. The zero-order valence-electron chi connectivity index (χ0n) is 12.7. The lowest BCUT2D eigenvalue weighted by Crippen LogP contribution is -2.48. The third-order valence-corrected chi connectivity index (χ3v) is 3.10. The fourth-order valence-corrected chi connectivity index (χ4v) is 1.65. The van der Waals surface area contributed by atoms with E-state index in [1.165, 1.54) is 6.92 Å². The number of rotatable bonds is 9. The first-order chi connectivity index (χ1) is 10.8. The van der Waals surface area contributed by atoms with E-state index < -0.39 is 36.0 Å². The fourth-order valence-electron chi connectivity index (χ4n) is 1.65. The Balaban J connectivity index is 2.89. The first kappa shape index (κ1) is 19.0. The van der Waals surface area contributed by atoms with Crippen LogP contribution in [0.2, 0.25) is 0 Å². The van der Waals surface area contributed by atoms with Gasteiger partial charge in [-0.3, -0.25) is 9.59 Å². The summed E-state index contributed by atoms with van der Waals surface area (Å²) in [6.45, 7) is 0.984. The van der Waals surface area contributed by atoms with Gasteiger partial charge in [0.2, 0.25) is 17.7 Å². The summed E-state index contributed by atoms with van der Waals surface area (Å²) in [6.07, 6.45) is -1.00. The second-order valence-corrected chi connectivity index (χ2v) is 5.11. The smallest absolute Gasteiger partial charge is 0.249 e. The van der Waals surface area contributed by atoms with Crippen LogP contribution < -0.4 is 22.5 Å². The molecule has 0 saturated carbocycles. The predicted octanol–water partition coefficient (Wildman–Crippen LogP) is -2.81. The molecule has 1 rings (SSSR count).